The number of pyridine rings is 1. The Kier molecular flexibility index (Phi) is 8.06. The van der Waals surface area contributed by atoms with E-state index >= 15 is 0 Å². The highest BCUT2D eigenvalue weighted by Gasteiger charge is 2.44. The van der Waals surface area contributed by atoms with Crippen LogP contribution >= 0.6 is 0 Å². The van der Waals surface area contributed by atoms with Crippen LogP contribution in [0.15, 0.2) is 36.5 Å². The molecule has 2 saturated heterocycles. The highest BCUT2D eigenvalue weighted by molar-refractivity contribution is 6.23. The molecule has 210 valence electrons. The first-order chi connectivity index (χ1) is 19.3. The van der Waals surface area contributed by atoms with E-state index in [1.807, 2.05) is 0 Å². The molecule has 12 heteroatoms. The van der Waals surface area contributed by atoms with Crippen LogP contribution in [-0.4, -0.2) is 94.9 Å². The summed E-state index contributed by atoms with van der Waals surface area (Å²) >= 11 is 0. The lowest BCUT2D eigenvalue weighted by Crippen LogP contribution is -2.54. The second-order valence-electron chi connectivity index (χ2n) is 10.1. The number of nitrogens with zero attached hydrogens (tertiary/aromatic N) is 4. The van der Waals surface area contributed by atoms with Gasteiger partial charge in [-0.1, -0.05) is 0 Å². The number of fused-ring (bicyclic) bond motifs is 1. The topological polar surface area (TPSA) is 149 Å². The molecule has 3 aliphatic rings. The average Bonchev–Trinajstić information content (AvgIpc) is 3.20. The number of unbranched alkanes of at least 4 members (excludes halogenated alkanes) is 2. The molecule has 0 radical (unpaired) electrons. The highest BCUT2D eigenvalue weighted by Crippen LogP contribution is 2.30. The van der Waals surface area contributed by atoms with E-state index < -0.39 is 35.6 Å². The molecule has 0 aliphatic carbocycles. The number of aromatic carboxylic acids is 1. The average molecular weight is 550 g/mol. The van der Waals surface area contributed by atoms with Gasteiger partial charge in [0.15, 0.2) is 0 Å². The summed E-state index contributed by atoms with van der Waals surface area (Å²) in [5.41, 5.74) is 0.622. The van der Waals surface area contributed by atoms with E-state index in [0.29, 0.717) is 12.4 Å². The van der Waals surface area contributed by atoms with Crippen molar-refractivity contribution in [1.82, 2.24) is 20.1 Å². The van der Waals surface area contributed by atoms with Crippen molar-refractivity contribution in [2.24, 2.45) is 0 Å². The maximum absolute atomic E-state index is 12.9. The molecule has 5 rings (SSSR count). The molecule has 0 saturated carbocycles. The molecule has 40 heavy (non-hydrogen) atoms. The summed E-state index contributed by atoms with van der Waals surface area (Å²) in [7, 11) is 0. The van der Waals surface area contributed by atoms with Crippen LogP contribution in [0.4, 0.5) is 5.82 Å². The number of ether oxygens (including phenoxy) is 1. The van der Waals surface area contributed by atoms with Crippen molar-refractivity contribution in [1.29, 1.82) is 0 Å². The van der Waals surface area contributed by atoms with Gasteiger partial charge < -0.3 is 14.7 Å². The Bertz CT molecular complexity index is 1320. The van der Waals surface area contributed by atoms with Gasteiger partial charge in [-0.2, -0.15) is 0 Å². The van der Waals surface area contributed by atoms with E-state index in [-0.39, 0.29) is 29.5 Å². The van der Waals surface area contributed by atoms with Gasteiger partial charge in [-0.3, -0.25) is 34.3 Å². The number of benzene rings is 1. The SMILES string of the molecule is O=C1CCC(N2C(=O)c3ccc(OCCCCCN4CCN(c5ccc(C(=O)O)cn5)CC4)cc3C2=O)C(=O)N1. The number of carboxylic acids is 1. The molecule has 1 unspecified atom stereocenters. The van der Waals surface area contributed by atoms with Crippen LogP contribution < -0.4 is 15.0 Å². The van der Waals surface area contributed by atoms with Crippen molar-refractivity contribution in [3.63, 3.8) is 0 Å². The first-order valence-electron chi connectivity index (χ1n) is 13.5. The lowest BCUT2D eigenvalue weighted by molar-refractivity contribution is -0.136. The predicted octanol–water partition coefficient (Wildman–Crippen LogP) is 1.55. The third kappa shape index (κ3) is 5.81. The lowest BCUT2D eigenvalue weighted by Gasteiger charge is -2.35. The minimum atomic E-state index is -0.987. The number of piperidine rings is 1. The largest absolute Gasteiger partial charge is 0.494 e. The molecule has 2 aromatic rings. The Balaban J connectivity index is 1.02. The third-order valence-electron chi connectivity index (χ3n) is 7.49. The summed E-state index contributed by atoms with van der Waals surface area (Å²) in [6.07, 6.45) is 4.43. The van der Waals surface area contributed by atoms with E-state index in [9.17, 15) is 24.0 Å². The number of hydrogen-bond acceptors (Lipinski definition) is 9. The molecule has 2 fully saturated rings. The number of rotatable bonds is 10. The van der Waals surface area contributed by atoms with Gasteiger partial charge >= 0.3 is 5.97 Å². The van der Waals surface area contributed by atoms with Gasteiger partial charge in [0.1, 0.15) is 17.6 Å². The fourth-order valence-electron chi connectivity index (χ4n) is 5.24. The zero-order valence-corrected chi connectivity index (χ0v) is 22.0. The summed E-state index contributed by atoms with van der Waals surface area (Å²) < 4.78 is 5.84. The van der Waals surface area contributed by atoms with E-state index in [1.54, 1.807) is 30.3 Å². The quantitative estimate of drug-likeness (QED) is 0.330. The Hall–Kier alpha value is -4.32. The van der Waals surface area contributed by atoms with Crippen molar-refractivity contribution < 1.29 is 33.8 Å². The zero-order chi connectivity index (χ0) is 28.2. The fraction of sp³-hybridized carbons (Fsp3) is 0.429. The normalized spacial score (nSPS) is 19.6. The number of aromatic nitrogens is 1. The number of carboxylic acid groups (broad SMARTS) is 1. The molecule has 4 heterocycles. The molecule has 12 nitrogen and oxygen atoms in total. The van der Waals surface area contributed by atoms with Gasteiger partial charge in [0.25, 0.3) is 11.8 Å². The van der Waals surface area contributed by atoms with Gasteiger partial charge in [-0.15, -0.1) is 0 Å². The summed E-state index contributed by atoms with van der Waals surface area (Å²) in [5.74, 6) is -1.81. The minimum absolute atomic E-state index is 0.0798. The smallest absolute Gasteiger partial charge is 0.337 e. The maximum atomic E-state index is 12.9. The Morgan fingerprint density at radius 2 is 1.75 bits per heavy atom. The standard InChI is InChI=1S/C28H31N5O7/c34-24-9-7-22(25(35)30-24)33-26(36)20-6-5-19(16-21(20)27(33)37)40-15-3-1-2-10-31-11-13-32(14-12-31)23-8-4-18(17-29-23)28(38)39/h4-6,8,16-17,22H,1-3,7,9-15H2,(H,38,39)(H,30,34,35). The van der Waals surface area contributed by atoms with E-state index in [2.05, 4.69) is 20.1 Å². The summed E-state index contributed by atoms with van der Waals surface area (Å²) in [6.45, 7) is 4.95. The van der Waals surface area contributed by atoms with E-state index in [4.69, 9.17) is 9.84 Å². The van der Waals surface area contributed by atoms with Gasteiger partial charge in [0, 0.05) is 38.8 Å². The van der Waals surface area contributed by atoms with Crippen LogP contribution in [0, 0.1) is 0 Å². The number of imide groups is 2. The Morgan fingerprint density at radius 3 is 2.45 bits per heavy atom. The number of piperazine rings is 1. The maximum Gasteiger partial charge on any atom is 0.337 e. The number of hydrogen-bond donors (Lipinski definition) is 2. The second-order valence-corrected chi connectivity index (χ2v) is 10.1. The van der Waals surface area contributed by atoms with Crippen LogP contribution in [0.25, 0.3) is 0 Å². The van der Waals surface area contributed by atoms with Gasteiger partial charge in [0.05, 0.1) is 23.3 Å². The number of anilines is 1. The summed E-state index contributed by atoms with van der Waals surface area (Å²) in [6, 6.07) is 7.09. The van der Waals surface area contributed by atoms with Crippen molar-refractivity contribution in [3.05, 3.63) is 53.2 Å². The van der Waals surface area contributed by atoms with Crippen molar-refractivity contribution >= 4 is 35.4 Å². The van der Waals surface area contributed by atoms with Crippen molar-refractivity contribution in [2.75, 3.05) is 44.2 Å². The lowest BCUT2D eigenvalue weighted by atomic mass is 10.0. The second kappa shape index (κ2) is 11.8. The van der Waals surface area contributed by atoms with Crippen LogP contribution in [0.1, 0.15) is 63.2 Å². The minimum Gasteiger partial charge on any atom is -0.494 e. The molecule has 4 amide bonds. The van der Waals surface area contributed by atoms with Crippen LogP contribution in [0.5, 0.6) is 5.75 Å². The van der Waals surface area contributed by atoms with E-state index in [0.717, 1.165) is 62.7 Å². The van der Waals surface area contributed by atoms with Crippen LogP contribution in [0.3, 0.4) is 0 Å². The first-order valence-corrected chi connectivity index (χ1v) is 13.5. The monoisotopic (exact) mass is 549 g/mol. The van der Waals surface area contributed by atoms with Crippen molar-refractivity contribution in [3.8, 4) is 5.75 Å². The number of carbonyl (C=O) groups excluding carboxylic acids is 4. The molecule has 0 spiro atoms. The zero-order valence-electron chi connectivity index (χ0n) is 22.0. The fourth-order valence-corrected chi connectivity index (χ4v) is 5.24. The number of amides is 4. The first kappa shape index (κ1) is 27.3. The number of carbonyl (C=O) groups is 5. The molecule has 1 aromatic carbocycles. The van der Waals surface area contributed by atoms with Crippen LogP contribution in [-0.2, 0) is 9.59 Å². The Labute approximate surface area is 230 Å². The predicted molar refractivity (Wildman–Crippen MR) is 142 cm³/mol. The molecular weight excluding hydrogens is 518 g/mol. The van der Waals surface area contributed by atoms with Gasteiger partial charge in [-0.25, -0.2) is 9.78 Å². The summed E-state index contributed by atoms with van der Waals surface area (Å²) in [5, 5.41) is 11.2. The summed E-state index contributed by atoms with van der Waals surface area (Å²) in [4.78, 5) is 70.2. The molecule has 0 bridgehead atoms. The van der Waals surface area contributed by atoms with Crippen LogP contribution in [0.2, 0.25) is 0 Å². The molecular formula is C28H31N5O7. The number of nitrogens with one attached hydrogen (secondary N) is 1. The highest BCUT2D eigenvalue weighted by atomic mass is 16.5. The molecule has 1 aromatic heterocycles. The molecule has 3 aliphatic heterocycles. The molecule has 1 atom stereocenters. The van der Waals surface area contributed by atoms with Gasteiger partial charge in [0.2, 0.25) is 11.8 Å². The third-order valence-corrected chi connectivity index (χ3v) is 7.49. The molecule has 2 N–H and O–H groups in total. The van der Waals surface area contributed by atoms with Gasteiger partial charge in [-0.05, 0) is 62.6 Å². The van der Waals surface area contributed by atoms with Crippen molar-refractivity contribution in [2.45, 2.75) is 38.1 Å². The Morgan fingerprint density at radius 1 is 0.975 bits per heavy atom. The van der Waals surface area contributed by atoms with E-state index in [1.165, 1.54) is 6.20 Å².